The molecule has 34 heavy (non-hydrogen) atoms. The average molecular weight is 467 g/mol. The number of hydrogen-bond donors (Lipinski definition) is 1. The average Bonchev–Trinajstić information content (AvgIpc) is 3.43. The topological polar surface area (TPSA) is 86.7 Å². The van der Waals surface area contributed by atoms with E-state index in [0.29, 0.717) is 53.0 Å². The first-order chi connectivity index (χ1) is 16.5. The van der Waals surface area contributed by atoms with Crippen LogP contribution in [-0.2, 0) is 12.8 Å². The molecule has 0 unspecified atom stereocenters. The summed E-state index contributed by atoms with van der Waals surface area (Å²) in [7, 11) is 3.12. The number of nitrogens with zero attached hydrogens (tertiary/aromatic N) is 1. The van der Waals surface area contributed by atoms with Crippen molar-refractivity contribution in [3.63, 3.8) is 0 Å². The highest BCUT2D eigenvalue weighted by Gasteiger charge is 2.27. The van der Waals surface area contributed by atoms with Crippen LogP contribution in [-0.4, -0.2) is 31.8 Å². The second-order valence-electron chi connectivity index (χ2n) is 7.64. The monoisotopic (exact) mass is 466 g/mol. The molecule has 7 nitrogen and oxygen atoms in total. The lowest BCUT2D eigenvalue weighted by Gasteiger charge is -2.10. The summed E-state index contributed by atoms with van der Waals surface area (Å²) >= 11 is 0. The predicted molar refractivity (Wildman–Crippen MR) is 127 cm³/mol. The Hall–Kier alpha value is -3.81. The molecule has 0 bridgehead atoms. The largest absolute Gasteiger partial charge is 0.496 e. The van der Waals surface area contributed by atoms with Gasteiger partial charge in [0.15, 0.2) is 5.76 Å². The smallest absolute Gasteiger partial charge is 0.255 e. The fraction of sp³-hybridized carbons (Fsp3) is 0.308. The third-order valence-electron chi connectivity index (χ3n) is 5.71. The zero-order chi connectivity index (χ0) is 24.4. The van der Waals surface area contributed by atoms with E-state index in [4.69, 9.17) is 18.4 Å². The number of amides is 1. The Morgan fingerprint density at radius 2 is 1.88 bits per heavy atom. The molecule has 2 aromatic heterocycles. The Morgan fingerprint density at radius 3 is 2.53 bits per heavy atom. The van der Waals surface area contributed by atoms with Crippen molar-refractivity contribution in [1.82, 2.24) is 10.5 Å². The summed E-state index contributed by atoms with van der Waals surface area (Å²) in [5, 5.41) is 7.45. The van der Waals surface area contributed by atoms with Crippen LogP contribution in [0.2, 0.25) is 0 Å². The molecule has 0 radical (unpaired) electrons. The summed E-state index contributed by atoms with van der Waals surface area (Å²) < 4.78 is 37.1. The van der Waals surface area contributed by atoms with E-state index in [1.165, 1.54) is 12.1 Å². The first kappa shape index (κ1) is 23.4. The lowest BCUT2D eigenvalue weighted by Crippen LogP contribution is -2.18. The molecule has 0 atom stereocenters. The highest BCUT2D eigenvalue weighted by molar-refractivity contribution is 6.12. The maximum Gasteiger partial charge on any atom is 0.255 e. The van der Waals surface area contributed by atoms with Gasteiger partial charge in [-0.3, -0.25) is 4.79 Å². The molecule has 178 valence electrons. The van der Waals surface area contributed by atoms with Crippen molar-refractivity contribution in [2.75, 3.05) is 20.8 Å². The summed E-state index contributed by atoms with van der Waals surface area (Å²) in [6, 6.07) is 7.75. The number of nitrogens with one attached hydrogen (secondary N) is 1. The van der Waals surface area contributed by atoms with Crippen LogP contribution < -0.4 is 14.8 Å². The molecular formula is C26H27FN2O5. The van der Waals surface area contributed by atoms with Gasteiger partial charge in [0.25, 0.3) is 5.91 Å². The summed E-state index contributed by atoms with van der Waals surface area (Å²) in [5.41, 5.74) is 3.70. The number of carbonyl (C=O) groups is 1. The van der Waals surface area contributed by atoms with Crippen LogP contribution in [0, 0.1) is 5.82 Å². The number of hydrogen-bond acceptors (Lipinski definition) is 6. The first-order valence-electron chi connectivity index (χ1n) is 11.2. The molecule has 2 aromatic carbocycles. The number of ether oxygens (including phenoxy) is 2. The minimum atomic E-state index is -0.444. The minimum Gasteiger partial charge on any atom is -0.496 e. The predicted octanol–water partition coefficient (Wildman–Crippen LogP) is 5.79. The molecule has 1 N–H and O–H groups in total. The normalized spacial score (nSPS) is 11.1. The molecule has 0 spiro atoms. The molecule has 1 amide bonds. The zero-order valence-electron chi connectivity index (χ0n) is 19.9. The lowest BCUT2D eigenvalue weighted by molar-refractivity contribution is 0.0964. The van der Waals surface area contributed by atoms with Gasteiger partial charge < -0.3 is 23.7 Å². The van der Waals surface area contributed by atoms with Gasteiger partial charge in [-0.15, -0.1) is 0 Å². The second kappa shape index (κ2) is 9.59. The third-order valence-corrected chi connectivity index (χ3v) is 5.71. The zero-order valence-corrected chi connectivity index (χ0v) is 19.9. The molecule has 8 heteroatoms. The number of benzene rings is 2. The Morgan fingerprint density at radius 1 is 1.09 bits per heavy atom. The maximum atomic E-state index is 13.9. The fourth-order valence-corrected chi connectivity index (χ4v) is 4.14. The van der Waals surface area contributed by atoms with Crippen LogP contribution in [0.1, 0.15) is 42.6 Å². The van der Waals surface area contributed by atoms with Crippen molar-refractivity contribution < 1.29 is 27.6 Å². The highest BCUT2D eigenvalue weighted by Crippen LogP contribution is 2.44. The lowest BCUT2D eigenvalue weighted by atomic mass is 9.97. The summed E-state index contributed by atoms with van der Waals surface area (Å²) in [4.78, 5) is 13.0. The van der Waals surface area contributed by atoms with E-state index < -0.39 is 5.82 Å². The minimum absolute atomic E-state index is 0.286. The van der Waals surface area contributed by atoms with Crippen LogP contribution in [0.3, 0.4) is 0 Å². The number of carbonyl (C=O) groups excluding carboxylic acids is 1. The summed E-state index contributed by atoms with van der Waals surface area (Å²) in [6.07, 6.45) is 1.34. The molecule has 2 heterocycles. The molecule has 4 aromatic rings. The Bertz CT molecular complexity index is 1330. The molecule has 4 rings (SSSR count). The third kappa shape index (κ3) is 3.89. The van der Waals surface area contributed by atoms with Crippen molar-refractivity contribution in [3.05, 3.63) is 53.2 Å². The van der Waals surface area contributed by atoms with Crippen LogP contribution in [0.4, 0.5) is 4.39 Å². The van der Waals surface area contributed by atoms with Gasteiger partial charge in [-0.2, -0.15) is 0 Å². The summed E-state index contributed by atoms with van der Waals surface area (Å²) in [5.74, 6) is 1.09. The van der Waals surface area contributed by atoms with Gasteiger partial charge in [0.05, 0.1) is 36.1 Å². The van der Waals surface area contributed by atoms with E-state index >= 15 is 0 Å². The fourth-order valence-electron chi connectivity index (χ4n) is 4.14. The van der Waals surface area contributed by atoms with E-state index in [1.54, 1.807) is 33.2 Å². The number of aryl methyl sites for hydroxylation is 2. The van der Waals surface area contributed by atoms with Crippen molar-refractivity contribution >= 4 is 16.9 Å². The molecular weight excluding hydrogens is 439 g/mol. The van der Waals surface area contributed by atoms with Crippen molar-refractivity contribution in [1.29, 1.82) is 0 Å². The van der Waals surface area contributed by atoms with Crippen molar-refractivity contribution in [3.8, 4) is 33.9 Å². The van der Waals surface area contributed by atoms with Gasteiger partial charge in [0.2, 0.25) is 0 Å². The Balaban J connectivity index is 2.04. The Kier molecular flexibility index (Phi) is 6.58. The molecule has 0 saturated carbocycles. The molecule has 0 aliphatic carbocycles. The summed E-state index contributed by atoms with van der Waals surface area (Å²) in [6.45, 7) is 6.13. The van der Waals surface area contributed by atoms with Gasteiger partial charge in [0.1, 0.15) is 28.7 Å². The van der Waals surface area contributed by atoms with Gasteiger partial charge >= 0.3 is 0 Å². The highest BCUT2D eigenvalue weighted by atomic mass is 19.1. The van der Waals surface area contributed by atoms with E-state index in [-0.39, 0.29) is 11.7 Å². The van der Waals surface area contributed by atoms with E-state index in [9.17, 15) is 9.18 Å². The second-order valence-corrected chi connectivity index (χ2v) is 7.64. The maximum absolute atomic E-state index is 13.9. The molecule has 0 fully saturated rings. The SMILES string of the molecule is CCOc1cc(F)ccc1-c1oc2cc(-c3c(CC)noc3CC)c(OC)cc2c1C(=O)NC. The quantitative estimate of drug-likeness (QED) is 0.354. The number of methoxy groups -OCH3 is 1. The van der Waals surface area contributed by atoms with Gasteiger partial charge in [-0.25, -0.2) is 4.39 Å². The molecule has 0 saturated heterocycles. The standard InChI is InChI=1S/C26H27FN2O5/c1-6-18-23(19(7-2)34-29-18)16-13-22-17(12-20(16)31-5)24(26(30)28-4)25(33-22)15-10-9-14(27)11-21(15)32-8-3/h9-13H,6-8H2,1-5H3,(H,28,30). The number of furan rings is 1. The van der Waals surface area contributed by atoms with Crippen LogP contribution in [0.25, 0.3) is 33.4 Å². The van der Waals surface area contributed by atoms with E-state index in [2.05, 4.69) is 10.5 Å². The van der Waals surface area contributed by atoms with Gasteiger partial charge in [-0.1, -0.05) is 19.0 Å². The van der Waals surface area contributed by atoms with Gasteiger partial charge in [-0.05, 0) is 37.6 Å². The molecule has 0 aliphatic heterocycles. The van der Waals surface area contributed by atoms with E-state index in [0.717, 1.165) is 22.6 Å². The van der Waals surface area contributed by atoms with E-state index in [1.807, 2.05) is 19.9 Å². The van der Waals surface area contributed by atoms with Crippen LogP contribution >= 0.6 is 0 Å². The van der Waals surface area contributed by atoms with Crippen LogP contribution in [0.15, 0.2) is 39.3 Å². The number of rotatable bonds is 8. The van der Waals surface area contributed by atoms with Gasteiger partial charge in [0, 0.05) is 30.5 Å². The van der Waals surface area contributed by atoms with Crippen molar-refractivity contribution in [2.45, 2.75) is 33.6 Å². The molecule has 0 aliphatic rings. The number of fused-ring (bicyclic) bond motifs is 1. The number of aromatic nitrogens is 1. The van der Waals surface area contributed by atoms with Crippen LogP contribution in [0.5, 0.6) is 11.5 Å². The number of halogens is 1. The van der Waals surface area contributed by atoms with Crippen molar-refractivity contribution in [2.24, 2.45) is 0 Å². The first-order valence-corrected chi connectivity index (χ1v) is 11.2. The Labute approximate surface area is 196 Å².